The molecular weight excluding hydrogens is 258 g/mol. The molecule has 1 aliphatic heterocycles. The zero-order valence-corrected chi connectivity index (χ0v) is 12.0. The van der Waals surface area contributed by atoms with Crippen LogP contribution in [0.2, 0.25) is 0 Å². The summed E-state index contributed by atoms with van der Waals surface area (Å²) in [5.74, 6) is 1.34. The molecule has 19 heavy (non-hydrogen) atoms. The van der Waals surface area contributed by atoms with Crippen molar-refractivity contribution in [1.29, 1.82) is 0 Å². The van der Waals surface area contributed by atoms with Gasteiger partial charge in [0.1, 0.15) is 11.2 Å². The number of rotatable bonds is 4. The number of fused-ring (bicyclic) bond motifs is 1. The SMILES string of the molecule is CCc1cc2c(OCC3CCCNC3)ncnc2s1. The zero-order valence-electron chi connectivity index (χ0n) is 11.2. The Morgan fingerprint density at radius 2 is 2.42 bits per heavy atom. The van der Waals surface area contributed by atoms with E-state index in [1.54, 1.807) is 17.7 Å². The first-order valence-corrected chi connectivity index (χ1v) is 7.75. The molecule has 0 bridgehead atoms. The maximum absolute atomic E-state index is 5.93. The van der Waals surface area contributed by atoms with Crippen molar-refractivity contribution in [3.05, 3.63) is 17.3 Å². The summed E-state index contributed by atoms with van der Waals surface area (Å²) in [6.07, 6.45) is 5.12. The molecule has 1 fully saturated rings. The van der Waals surface area contributed by atoms with Crippen LogP contribution >= 0.6 is 11.3 Å². The molecule has 2 aromatic heterocycles. The highest BCUT2D eigenvalue weighted by Crippen LogP contribution is 2.30. The van der Waals surface area contributed by atoms with E-state index in [-0.39, 0.29) is 0 Å². The van der Waals surface area contributed by atoms with Crippen LogP contribution in [0, 0.1) is 5.92 Å². The molecule has 4 nitrogen and oxygen atoms in total. The Morgan fingerprint density at radius 1 is 1.47 bits per heavy atom. The van der Waals surface area contributed by atoms with E-state index in [1.165, 1.54) is 17.7 Å². The van der Waals surface area contributed by atoms with Gasteiger partial charge in [-0.25, -0.2) is 9.97 Å². The summed E-state index contributed by atoms with van der Waals surface area (Å²) in [7, 11) is 0. The van der Waals surface area contributed by atoms with Crippen molar-refractivity contribution < 1.29 is 4.74 Å². The molecule has 0 amide bonds. The second kappa shape index (κ2) is 5.84. The summed E-state index contributed by atoms with van der Waals surface area (Å²) in [5.41, 5.74) is 0. The van der Waals surface area contributed by atoms with Gasteiger partial charge in [0.2, 0.25) is 5.88 Å². The van der Waals surface area contributed by atoms with Gasteiger partial charge in [0.25, 0.3) is 0 Å². The lowest BCUT2D eigenvalue weighted by Crippen LogP contribution is -2.33. The minimum Gasteiger partial charge on any atom is -0.477 e. The Bertz CT molecular complexity index is 549. The smallest absolute Gasteiger partial charge is 0.225 e. The van der Waals surface area contributed by atoms with E-state index < -0.39 is 0 Å². The zero-order chi connectivity index (χ0) is 13.1. The molecule has 1 unspecified atom stereocenters. The van der Waals surface area contributed by atoms with Crippen molar-refractivity contribution in [3.8, 4) is 5.88 Å². The fraction of sp³-hybridized carbons (Fsp3) is 0.571. The number of nitrogens with zero attached hydrogens (tertiary/aromatic N) is 2. The third-order valence-electron chi connectivity index (χ3n) is 3.55. The number of hydrogen-bond acceptors (Lipinski definition) is 5. The van der Waals surface area contributed by atoms with E-state index in [2.05, 4.69) is 28.3 Å². The van der Waals surface area contributed by atoms with Gasteiger partial charge in [-0.1, -0.05) is 6.92 Å². The molecule has 2 aromatic rings. The minimum absolute atomic E-state index is 0.600. The molecule has 1 aliphatic rings. The van der Waals surface area contributed by atoms with Gasteiger partial charge in [0.05, 0.1) is 12.0 Å². The third-order valence-corrected chi connectivity index (χ3v) is 4.73. The average Bonchev–Trinajstić information content (AvgIpc) is 2.90. The van der Waals surface area contributed by atoms with Crippen molar-refractivity contribution in [1.82, 2.24) is 15.3 Å². The first kappa shape index (κ1) is 12.8. The molecule has 1 atom stereocenters. The lowest BCUT2D eigenvalue weighted by molar-refractivity contribution is 0.214. The number of ether oxygens (including phenoxy) is 1. The van der Waals surface area contributed by atoms with E-state index in [0.717, 1.165) is 42.2 Å². The first-order valence-electron chi connectivity index (χ1n) is 6.93. The van der Waals surface area contributed by atoms with Gasteiger partial charge in [0, 0.05) is 17.3 Å². The monoisotopic (exact) mass is 277 g/mol. The van der Waals surface area contributed by atoms with Crippen LogP contribution in [-0.4, -0.2) is 29.7 Å². The highest BCUT2D eigenvalue weighted by molar-refractivity contribution is 7.18. The molecule has 1 N–H and O–H groups in total. The van der Waals surface area contributed by atoms with Gasteiger partial charge in [0.15, 0.2) is 0 Å². The number of nitrogens with one attached hydrogen (secondary N) is 1. The van der Waals surface area contributed by atoms with Crippen LogP contribution in [0.4, 0.5) is 0 Å². The highest BCUT2D eigenvalue weighted by atomic mass is 32.1. The summed E-state index contributed by atoms with van der Waals surface area (Å²) < 4.78 is 5.93. The maximum atomic E-state index is 5.93. The Labute approximate surface area is 117 Å². The van der Waals surface area contributed by atoms with Gasteiger partial charge in [-0.2, -0.15) is 0 Å². The van der Waals surface area contributed by atoms with Crippen LogP contribution in [0.5, 0.6) is 5.88 Å². The topological polar surface area (TPSA) is 47.0 Å². The molecule has 102 valence electrons. The van der Waals surface area contributed by atoms with Crippen molar-refractivity contribution in [2.24, 2.45) is 5.92 Å². The van der Waals surface area contributed by atoms with Crippen LogP contribution in [0.15, 0.2) is 12.4 Å². The Balaban J connectivity index is 1.74. The molecule has 3 rings (SSSR count). The molecule has 0 aromatic carbocycles. The summed E-state index contributed by atoms with van der Waals surface area (Å²) in [5, 5.41) is 4.47. The van der Waals surface area contributed by atoms with Gasteiger partial charge in [-0.15, -0.1) is 11.3 Å². The van der Waals surface area contributed by atoms with Crippen LogP contribution in [0.3, 0.4) is 0 Å². The third kappa shape index (κ3) is 2.87. The lowest BCUT2D eigenvalue weighted by atomic mass is 10.0. The Morgan fingerprint density at radius 3 is 3.21 bits per heavy atom. The van der Waals surface area contributed by atoms with E-state index in [1.807, 2.05) is 0 Å². The Kier molecular flexibility index (Phi) is 3.94. The summed E-state index contributed by atoms with van der Waals surface area (Å²) in [6, 6.07) is 2.16. The van der Waals surface area contributed by atoms with Crippen LogP contribution in [0.25, 0.3) is 10.2 Å². The second-order valence-corrected chi connectivity index (χ2v) is 6.10. The van der Waals surface area contributed by atoms with Crippen LogP contribution < -0.4 is 10.1 Å². The molecule has 1 saturated heterocycles. The summed E-state index contributed by atoms with van der Waals surface area (Å²) >= 11 is 1.73. The number of piperidine rings is 1. The van der Waals surface area contributed by atoms with Gasteiger partial charge in [-0.05, 0) is 31.9 Å². The van der Waals surface area contributed by atoms with Crippen molar-refractivity contribution in [2.75, 3.05) is 19.7 Å². The van der Waals surface area contributed by atoms with Gasteiger partial charge >= 0.3 is 0 Å². The molecule has 0 aliphatic carbocycles. The quantitative estimate of drug-likeness (QED) is 0.933. The predicted octanol–water partition coefficient (Wildman–Crippen LogP) is 2.63. The van der Waals surface area contributed by atoms with Gasteiger partial charge < -0.3 is 10.1 Å². The molecular formula is C14H19N3OS. The summed E-state index contributed by atoms with van der Waals surface area (Å²) in [6.45, 7) is 5.10. The second-order valence-electron chi connectivity index (χ2n) is 4.99. The average molecular weight is 277 g/mol. The normalized spacial score (nSPS) is 19.7. The fourth-order valence-electron chi connectivity index (χ4n) is 2.44. The number of thiophene rings is 1. The first-order chi connectivity index (χ1) is 9.36. The largest absolute Gasteiger partial charge is 0.477 e. The molecule has 0 saturated carbocycles. The predicted molar refractivity (Wildman–Crippen MR) is 77.9 cm³/mol. The number of aromatic nitrogens is 2. The van der Waals surface area contributed by atoms with E-state index >= 15 is 0 Å². The Hall–Kier alpha value is -1.20. The minimum atomic E-state index is 0.600. The molecule has 3 heterocycles. The molecule has 0 spiro atoms. The van der Waals surface area contributed by atoms with Crippen LogP contribution in [-0.2, 0) is 6.42 Å². The van der Waals surface area contributed by atoms with Crippen molar-refractivity contribution in [2.45, 2.75) is 26.2 Å². The van der Waals surface area contributed by atoms with E-state index in [4.69, 9.17) is 4.74 Å². The number of aryl methyl sites for hydroxylation is 1. The van der Waals surface area contributed by atoms with E-state index in [9.17, 15) is 0 Å². The van der Waals surface area contributed by atoms with Gasteiger partial charge in [-0.3, -0.25) is 0 Å². The molecule has 0 radical (unpaired) electrons. The van der Waals surface area contributed by atoms with Crippen molar-refractivity contribution in [3.63, 3.8) is 0 Å². The molecule has 5 heteroatoms. The van der Waals surface area contributed by atoms with Crippen LogP contribution in [0.1, 0.15) is 24.6 Å². The number of hydrogen-bond donors (Lipinski definition) is 1. The highest BCUT2D eigenvalue weighted by Gasteiger charge is 2.15. The fourth-order valence-corrected chi connectivity index (χ4v) is 3.36. The maximum Gasteiger partial charge on any atom is 0.225 e. The van der Waals surface area contributed by atoms with Crippen molar-refractivity contribution >= 4 is 21.6 Å². The summed E-state index contributed by atoms with van der Waals surface area (Å²) in [4.78, 5) is 11.0. The van der Waals surface area contributed by atoms with E-state index in [0.29, 0.717) is 5.92 Å². The standard InChI is InChI=1S/C14H19N3OS/c1-2-11-6-12-13(16-9-17-14(12)19-11)18-8-10-4-3-5-15-7-10/h6,9-10,15H,2-5,7-8H2,1H3. The lowest BCUT2D eigenvalue weighted by Gasteiger charge is -2.22.